The molecule has 2 rings (SSSR count). The van der Waals surface area contributed by atoms with Gasteiger partial charge < -0.3 is 10.5 Å². The van der Waals surface area contributed by atoms with E-state index in [-0.39, 0.29) is 24.8 Å². The monoisotopic (exact) mass is 269 g/mol. The van der Waals surface area contributed by atoms with Crippen LogP contribution in [0.5, 0.6) is 5.75 Å². The second kappa shape index (κ2) is 5.87. The van der Waals surface area contributed by atoms with Crippen LogP contribution >= 0.6 is 0 Å². The minimum absolute atomic E-state index is 0.0243. The van der Waals surface area contributed by atoms with Crippen molar-refractivity contribution in [1.29, 1.82) is 0 Å². The average molecular weight is 269 g/mol. The lowest BCUT2D eigenvalue weighted by molar-refractivity contribution is -0.0481. The molecule has 1 saturated carbocycles. The Morgan fingerprint density at radius 3 is 2.68 bits per heavy atom. The van der Waals surface area contributed by atoms with Gasteiger partial charge in [0.25, 0.3) is 0 Å². The highest BCUT2D eigenvalue weighted by Gasteiger charge is 2.36. The largest absolute Gasteiger partial charge is 0.497 e. The highest BCUT2D eigenvalue weighted by Crippen LogP contribution is 2.37. The van der Waals surface area contributed by atoms with Gasteiger partial charge in [-0.3, -0.25) is 0 Å². The first-order valence-electron chi connectivity index (χ1n) is 6.76. The van der Waals surface area contributed by atoms with Crippen molar-refractivity contribution >= 4 is 0 Å². The Kier molecular flexibility index (Phi) is 4.40. The number of nitrogens with two attached hydrogens (primary N) is 1. The van der Waals surface area contributed by atoms with Crippen LogP contribution < -0.4 is 10.5 Å². The van der Waals surface area contributed by atoms with Crippen LogP contribution in [0.3, 0.4) is 0 Å². The molecule has 106 valence electrons. The van der Waals surface area contributed by atoms with E-state index in [9.17, 15) is 8.78 Å². The second-order valence-corrected chi connectivity index (χ2v) is 5.41. The summed E-state index contributed by atoms with van der Waals surface area (Å²) in [5.74, 6) is -1.47. The van der Waals surface area contributed by atoms with E-state index in [1.807, 2.05) is 24.3 Å². The van der Waals surface area contributed by atoms with Gasteiger partial charge in [0.2, 0.25) is 5.92 Å². The highest BCUT2D eigenvalue weighted by molar-refractivity contribution is 5.29. The summed E-state index contributed by atoms with van der Waals surface area (Å²) < 4.78 is 31.4. The Morgan fingerprint density at radius 2 is 2.05 bits per heavy atom. The summed E-state index contributed by atoms with van der Waals surface area (Å²) in [5, 5.41) is 0. The lowest BCUT2D eigenvalue weighted by Crippen LogP contribution is -2.37. The maximum Gasteiger partial charge on any atom is 0.248 e. The van der Waals surface area contributed by atoms with E-state index in [1.54, 1.807) is 7.11 Å². The third-order valence-corrected chi connectivity index (χ3v) is 3.97. The molecule has 1 fully saturated rings. The Labute approximate surface area is 112 Å². The third kappa shape index (κ3) is 3.90. The molecule has 0 bridgehead atoms. The van der Waals surface area contributed by atoms with Gasteiger partial charge in [0.15, 0.2) is 0 Å². The fraction of sp³-hybridized carbons (Fsp3) is 0.600. The molecule has 0 heterocycles. The molecule has 19 heavy (non-hydrogen) atoms. The van der Waals surface area contributed by atoms with Crippen molar-refractivity contribution in [2.75, 3.05) is 7.11 Å². The molecule has 1 aliphatic carbocycles. The molecular formula is C15H21F2NO. The quantitative estimate of drug-likeness (QED) is 0.909. The molecule has 1 aromatic rings. The lowest BCUT2D eigenvalue weighted by Gasteiger charge is -2.32. The van der Waals surface area contributed by atoms with Crippen molar-refractivity contribution in [3.05, 3.63) is 29.8 Å². The maximum atomic E-state index is 13.1. The summed E-state index contributed by atoms with van der Waals surface area (Å²) in [6.45, 7) is 0. The first kappa shape index (κ1) is 14.3. The van der Waals surface area contributed by atoms with Gasteiger partial charge in [-0.25, -0.2) is 8.78 Å². The molecule has 1 atom stereocenters. The Balaban J connectivity index is 1.92. The van der Waals surface area contributed by atoms with Crippen LogP contribution in [0.2, 0.25) is 0 Å². The molecule has 0 radical (unpaired) electrons. The standard InChI is InChI=1S/C15H21F2NO/c1-19-13-4-2-3-11(9-13)10-14(18)12-5-7-15(16,17)8-6-12/h2-4,9,12,14H,5-8,10,18H2,1H3. The van der Waals surface area contributed by atoms with Crippen molar-refractivity contribution in [1.82, 2.24) is 0 Å². The predicted molar refractivity (Wildman–Crippen MR) is 71.6 cm³/mol. The van der Waals surface area contributed by atoms with Gasteiger partial charge in [0.1, 0.15) is 5.75 Å². The van der Waals surface area contributed by atoms with Gasteiger partial charge in [0, 0.05) is 18.9 Å². The van der Waals surface area contributed by atoms with Crippen LogP contribution in [0.25, 0.3) is 0 Å². The normalized spacial score (nSPS) is 21.1. The van der Waals surface area contributed by atoms with Crippen LogP contribution in [0.15, 0.2) is 24.3 Å². The summed E-state index contributed by atoms with van der Waals surface area (Å²) >= 11 is 0. The molecule has 0 aliphatic heterocycles. The highest BCUT2D eigenvalue weighted by atomic mass is 19.3. The fourth-order valence-corrected chi connectivity index (χ4v) is 2.73. The molecule has 1 aromatic carbocycles. The molecule has 0 saturated heterocycles. The van der Waals surface area contributed by atoms with E-state index in [1.165, 1.54) is 0 Å². The zero-order chi connectivity index (χ0) is 13.9. The summed E-state index contributed by atoms with van der Waals surface area (Å²) in [6.07, 6.45) is 1.72. The number of alkyl halides is 2. The molecule has 1 aliphatic rings. The van der Waals surface area contributed by atoms with E-state index in [4.69, 9.17) is 10.5 Å². The van der Waals surface area contributed by atoms with Gasteiger partial charge >= 0.3 is 0 Å². The van der Waals surface area contributed by atoms with E-state index in [2.05, 4.69) is 0 Å². The summed E-state index contributed by atoms with van der Waals surface area (Å²) in [4.78, 5) is 0. The minimum Gasteiger partial charge on any atom is -0.497 e. The molecule has 0 amide bonds. The third-order valence-electron chi connectivity index (χ3n) is 3.97. The molecule has 0 spiro atoms. The molecule has 1 unspecified atom stereocenters. The van der Waals surface area contributed by atoms with Crippen molar-refractivity contribution in [3.8, 4) is 5.75 Å². The van der Waals surface area contributed by atoms with Crippen LogP contribution in [-0.4, -0.2) is 19.1 Å². The molecule has 2 nitrogen and oxygen atoms in total. The van der Waals surface area contributed by atoms with Gasteiger partial charge in [-0.15, -0.1) is 0 Å². The van der Waals surface area contributed by atoms with Crippen molar-refractivity contribution in [2.45, 2.75) is 44.1 Å². The Morgan fingerprint density at radius 1 is 1.37 bits per heavy atom. The number of hydrogen-bond acceptors (Lipinski definition) is 2. The predicted octanol–water partition coefficient (Wildman–Crippen LogP) is 3.39. The van der Waals surface area contributed by atoms with Gasteiger partial charge in [0.05, 0.1) is 7.11 Å². The second-order valence-electron chi connectivity index (χ2n) is 5.41. The molecule has 0 aromatic heterocycles. The Bertz CT molecular complexity index is 412. The number of methoxy groups -OCH3 is 1. The smallest absolute Gasteiger partial charge is 0.248 e. The van der Waals surface area contributed by atoms with Crippen molar-refractivity contribution in [2.24, 2.45) is 11.7 Å². The number of halogens is 2. The first-order chi connectivity index (χ1) is 9.00. The summed E-state index contributed by atoms with van der Waals surface area (Å²) in [7, 11) is 1.63. The first-order valence-corrected chi connectivity index (χ1v) is 6.76. The molecule has 2 N–H and O–H groups in total. The summed E-state index contributed by atoms with van der Waals surface area (Å²) in [6, 6.07) is 7.71. The van der Waals surface area contributed by atoms with E-state index < -0.39 is 5.92 Å². The van der Waals surface area contributed by atoms with E-state index >= 15 is 0 Å². The zero-order valence-corrected chi connectivity index (χ0v) is 11.2. The minimum atomic E-state index is -2.48. The van der Waals surface area contributed by atoms with Crippen LogP contribution in [-0.2, 0) is 6.42 Å². The maximum absolute atomic E-state index is 13.1. The van der Waals surface area contributed by atoms with Gasteiger partial charge in [-0.05, 0) is 42.9 Å². The van der Waals surface area contributed by atoms with Gasteiger partial charge in [-0.2, -0.15) is 0 Å². The van der Waals surface area contributed by atoms with Crippen molar-refractivity contribution < 1.29 is 13.5 Å². The van der Waals surface area contributed by atoms with Gasteiger partial charge in [-0.1, -0.05) is 12.1 Å². The van der Waals surface area contributed by atoms with E-state index in [0.717, 1.165) is 11.3 Å². The number of hydrogen-bond donors (Lipinski definition) is 1. The summed E-state index contributed by atoms with van der Waals surface area (Å²) in [5.41, 5.74) is 7.28. The fourth-order valence-electron chi connectivity index (χ4n) is 2.73. The number of ether oxygens (including phenoxy) is 1. The molecule has 4 heteroatoms. The van der Waals surface area contributed by atoms with Crippen LogP contribution in [0, 0.1) is 5.92 Å². The molecular weight excluding hydrogens is 248 g/mol. The van der Waals surface area contributed by atoms with Crippen LogP contribution in [0.1, 0.15) is 31.2 Å². The van der Waals surface area contributed by atoms with Crippen molar-refractivity contribution in [3.63, 3.8) is 0 Å². The lowest BCUT2D eigenvalue weighted by atomic mass is 9.80. The average Bonchev–Trinajstić information content (AvgIpc) is 2.38. The Hall–Kier alpha value is -1.16. The van der Waals surface area contributed by atoms with E-state index in [0.29, 0.717) is 19.3 Å². The topological polar surface area (TPSA) is 35.2 Å². The van der Waals surface area contributed by atoms with Crippen LogP contribution in [0.4, 0.5) is 8.78 Å². The number of rotatable bonds is 4. The number of benzene rings is 1. The SMILES string of the molecule is COc1cccc(CC(N)C2CCC(F)(F)CC2)c1. The zero-order valence-electron chi connectivity index (χ0n) is 11.2.